The van der Waals surface area contributed by atoms with Gasteiger partial charge in [-0.2, -0.15) is 13.2 Å². The standard InChI is InChI=1S/C24H17Cl3F3N3O3/c1-35-32-9-8-31-22(34)17-7-6-16(14-4-2-3-5-15(14)17)20-12-23(36-33-20,24(28,29)30)13-10-18(25)21(27)19(26)11-13/h2-12,32-33H,1H3,(H,31,34). The van der Waals surface area contributed by atoms with Crippen molar-refractivity contribution in [3.05, 3.63) is 98.8 Å². The normalized spacial score (nSPS) is 17.8. The fraction of sp³-hybridized carbons (Fsp3) is 0.125. The van der Waals surface area contributed by atoms with E-state index in [4.69, 9.17) is 39.6 Å². The highest BCUT2D eigenvalue weighted by molar-refractivity contribution is 6.48. The summed E-state index contributed by atoms with van der Waals surface area (Å²) in [6.07, 6.45) is -1.25. The number of hydrogen-bond acceptors (Lipinski definition) is 5. The van der Waals surface area contributed by atoms with Gasteiger partial charge in [0, 0.05) is 29.1 Å². The van der Waals surface area contributed by atoms with E-state index in [-0.39, 0.29) is 26.3 Å². The van der Waals surface area contributed by atoms with Gasteiger partial charge >= 0.3 is 6.18 Å². The van der Waals surface area contributed by atoms with Crippen molar-refractivity contribution in [2.24, 2.45) is 0 Å². The summed E-state index contributed by atoms with van der Waals surface area (Å²) in [5, 5.41) is 3.26. The van der Waals surface area contributed by atoms with Gasteiger partial charge in [0.15, 0.2) is 0 Å². The van der Waals surface area contributed by atoms with Gasteiger partial charge in [0.1, 0.15) is 0 Å². The molecule has 1 heterocycles. The van der Waals surface area contributed by atoms with Crippen LogP contribution >= 0.6 is 34.8 Å². The number of carbonyl (C=O) groups excluding carboxylic acids is 1. The van der Waals surface area contributed by atoms with Gasteiger partial charge in [0.05, 0.1) is 27.9 Å². The maximum Gasteiger partial charge on any atom is 0.428 e. The Balaban J connectivity index is 1.81. The maximum absolute atomic E-state index is 14.4. The number of rotatable bonds is 6. The van der Waals surface area contributed by atoms with Gasteiger partial charge in [-0.05, 0) is 35.0 Å². The van der Waals surface area contributed by atoms with E-state index in [1.165, 1.54) is 31.6 Å². The molecule has 4 rings (SSSR count). The van der Waals surface area contributed by atoms with Crippen LogP contribution in [0.4, 0.5) is 13.2 Å². The van der Waals surface area contributed by atoms with Crippen molar-refractivity contribution in [1.29, 1.82) is 0 Å². The van der Waals surface area contributed by atoms with Crippen LogP contribution in [-0.4, -0.2) is 19.2 Å². The van der Waals surface area contributed by atoms with Crippen molar-refractivity contribution in [1.82, 2.24) is 16.3 Å². The highest BCUT2D eigenvalue weighted by atomic mass is 35.5. The van der Waals surface area contributed by atoms with E-state index in [9.17, 15) is 18.0 Å². The van der Waals surface area contributed by atoms with Gasteiger partial charge in [-0.15, -0.1) is 0 Å². The molecule has 0 radical (unpaired) electrons. The number of nitrogens with one attached hydrogen (secondary N) is 3. The molecule has 188 valence electrons. The zero-order chi connectivity index (χ0) is 26.1. The molecule has 1 atom stereocenters. The van der Waals surface area contributed by atoms with Gasteiger partial charge in [-0.1, -0.05) is 65.1 Å². The Morgan fingerprint density at radius 2 is 1.72 bits per heavy atom. The number of fused-ring (bicyclic) bond motifs is 1. The predicted octanol–water partition coefficient (Wildman–Crippen LogP) is 6.49. The lowest BCUT2D eigenvalue weighted by Gasteiger charge is -2.29. The van der Waals surface area contributed by atoms with E-state index < -0.39 is 17.7 Å². The average molecular weight is 559 g/mol. The summed E-state index contributed by atoms with van der Waals surface area (Å²) in [5.41, 5.74) is 2.34. The first-order valence-corrected chi connectivity index (χ1v) is 11.4. The van der Waals surface area contributed by atoms with Crippen LogP contribution in [0.5, 0.6) is 0 Å². The molecule has 0 aliphatic carbocycles. The molecule has 12 heteroatoms. The Morgan fingerprint density at radius 3 is 2.36 bits per heavy atom. The minimum absolute atomic E-state index is 0.0434. The van der Waals surface area contributed by atoms with Crippen molar-refractivity contribution in [3.63, 3.8) is 0 Å². The first kappa shape index (κ1) is 26.1. The molecule has 0 aromatic heterocycles. The minimum Gasteiger partial charge on any atom is -0.327 e. The molecule has 36 heavy (non-hydrogen) atoms. The van der Waals surface area contributed by atoms with E-state index >= 15 is 0 Å². The zero-order valence-corrected chi connectivity index (χ0v) is 20.6. The summed E-state index contributed by atoms with van der Waals surface area (Å²) in [6, 6.07) is 12.0. The quantitative estimate of drug-likeness (QED) is 0.238. The Hall–Kier alpha value is -2.95. The number of halogens is 6. The number of hydroxylamine groups is 2. The van der Waals surface area contributed by atoms with E-state index in [1.807, 2.05) is 0 Å². The number of carbonyl (C=O) groups is 1. The molecule has 0 spiro atoms. The third-order valence-electron chi connectivity index (χ3n) is 5.45. The van der Waals surface area contributed by atoms with Crippen molar-refractivity contribution >= 4 is 57.2 Å². The first-order valence-electron chi connectivity index (χ1n) is 10.2. The van der Waals surface area contributed by atoms with Crippen LogP contribution in [0.25, 0.3) is 16.5 Å². The molecule has 1 aliphatic heterocycles. The number of amides is 1. The summed E-state index contributed by atoms with van der Waals surface area (Å²) in [6.45, 7) is 0. The van der Waals surface area contributed by atoms with E-state index in [1.54, 1.807) is 24.3 Å². The molecule has 1 aliphatic rings. The van der Waals surface area contributed by atoms with Gasteiger partial charge in [0.25, 0.3) is 5.91 Å². The SMILES string of the molecule is CONC=CNC(=O)c1ccc(C2=CC(c3cc(Cl)c(Cl)c(Cl)c3)(C(F)(F)F)ON2)c2ccccc12. The van der Waals surface area contributed by atoms with Crippen LogP contribution in [0.3, 0.4) is 0 Å². The smallest absolute Gasteiger partial charge is 0.327 e. The van der Waals surface area contributed by atoms with E-state index in [0.29, 0.717) is 21.9 Å². The van der Waals surface area contributed by atoms with E-state index in [0.717, 1.165) is 18.2 Å². The Bertz CT molecular complexity index is 1370. The van der Waals surface area contributed by atoms with Crippen LogP contribution in [0.1, 0.15) is 21.5 Å². The average Bonchev–Trinajstić information content (AvgIpc) is 3.31. The van der Waals surface area contributed by atoms with Crippen molar-refractivity contribution in [2.45, 2.75) is 11.8 Å². The molecule has 3 N–H and O–H groups in total. The fourth-order valence-corrected chi connectivity index (χ4v) is 4.37. The molecule has 1 amide bonds. The van der Waals surface area contributed by atoms with Gasteiger partial charge in [-0.25, -0.2) is 0 Å². The Morgan fingerprint density at radius 1 is 1.06 bits per heavy atom. The second-order valence-corrected chi connectivity index (χ2v) is 8.78. The van der Waals surface area contributed by atoms with Crippen molar-refractivity contribution < 1.29 is 27.6 Å². The molecule has 0 saturated heterocycles. The first-order chi connectivity index (χ1) is 17.1. The topological polar surface area (TPSA) is 71.6 Å². The number of benzene rings is 3. The van der Waals surface area contributed by atoms with Crippen LogP contribution in [-0.2, 0) is 15.3 Å². The summed E-state index contributed by atoms with van der Waals surface area (Å²) < 4.78 is 43.2. The number of alkyl halides is 3. The largest absolute Gasteiger partial charge is 0.428 e. The molecule has 3 aromatic carbocycles. The lowest BCUT2D eigenvalue weighted by Crippen LogP contribution is -2.42. The van der Waals surface area contributed by atoms with Crippen LogP contribution in [0, 0.1) is 0 Å². The highest BCUT2D eigenvalue weighted by Crippen LogP contribution is 2.49. The predicted molar refractivity (Wildman–Crippen MR) is 132 cm³/mol. The lowest BCUT2D eigenvalue weighted by molar-refractivity contribution is -0.269. The Labute approximate surface area is 218 Å². The van der Waals surface area contributed by atoms with Crippen LogP contribution in [0.2, 0.25) is 15.1 Å². The zero-order valence-electron chi connectivity index (χ0n) is 18.3. The second kappa shape index (κ2) is 10.2. The van der Waals surface area contributed by atoms with E-state index in [2.05, 4.69) is 21.1 Å². The molecule has 3 aromatic rings. The highest BCUT2D eigenvalue weighted by Gasteiger charge is 2.60. The number of hydrogen-bond donors (Lipinski definition) is 3. The summed E-state index contributed by atoms with van der Waals surface area (Å²) in [7, 11) is 1.41. The third kappa shape index (κ3) is 4.72. The molecule has 6 nitrogen and oxygen atoms in total. The fourth-order valence-electron chi connectivity index (χ4n) is 3.78. The minimum atomic E-state index is -4.89. The van der Waals surface area contributed by atoms with Gasteiger partial charge in [-0.3, -0.25) is 25.4 Å². The van der Waals surface area contributed by atoms with Crippen molar-refractivity contribution in [2.75, 3.05) is 7.11 Å². The molecular weight excluding hydrogens is 542 g/mol. The van der Waals surface area contributed by atoms with Gasteiger partial charge in [0.2, 0.25) is 5.60 Å². The van der Waals surface area contributed by atoms with Crippen LogP contribution in [0.15, 0.2) is 67.0 Å². The van der Waals surface area contributed by atoms with Crippen molar-refractivity contribution in [3.8, 4) is 0 Å². The monoisotopic (exact) mass is 557 g/mol. The summed E-state index contributed by atoms with van der Waals surface area (Å²) in [4.78, 5) is 22.5. The Kier molecular flexibility index (Phi) is 7.40. The third-order valence-corrected chi connectivity index (χ3v) is 6.64. The summed E-state index contributed by atoms with van der Waals surface area (Å²) >= 11 is 17.9. The van der Waals surface area contributed by atoms with Crippen LogP contribution < -0.4 is 16.3 Å². The maximum atomic E-state index is 14.4. The molecule has 0 saturated carbocycles. The molecule has 0 bridgehead atoms. The molecule has 1 unspecified atom stereocenters. The lowest BCUT2D eigenvalue weighted by atomic mass is 9.90. The molecule has 0 fully saturated rings. The van der Waals surface area contributed by atoms with Gasteiger partial charge < -0.3 is 5.32 Å². The second-order valence-electron chi connectivity index (χ2n) is 7.58. The summed E-state index contributed by atoms with van der Waals surface area (Å²) in [5.74, 6) is -0.424. The molecular formula is C24H17Cl3F3N3O3.